The van der Waals surface area contributed by atoms with E-state index in [0.717, 1.165) is 6.07 Å². The number of alkyl halides is 3. The zero-order chi connectivity index (χ0) is 20.4. The van der Waals surface area contributed by atoms with E-state index in [1.807, 2.05) is 0 Å². The maximum atomic E-state index is 14.3. The molecule has 0 aliphatic heterocycles. The molecule has 2 N–H and O–H groups in total. The van der Waals surface area contributed by atoms with Crippen LogP contribution in [0.4, 0.5) is 28.9 Å². The Hall–Kier alpha value is -2.36. The maximum Gasteiger partial charge on any atom is 0.454 e. The molecule has 0 spiro atoms. The third-order valence-corrected chi connectivity index (χ3v) is 3.85. The predicted molar refractivity (Wildman–Crippen MR) is 91.8 cm³/mol. The average molecular weight is 425 g/mol. The summed E-state index contributed by atoms with van der Waals surface area (Å²) < 4.78 is 51.8. The molecule has 0 heterocycles. The molecule has 5 nitrogen and oxygen atoms in total. The van der Waals surface area contributed by atoms with Gasteiger partial charge in [0, 0.05) is 5.56 Å². The Labute approximate surface area is 160 Å². The van der Waals surface area contributed by atoms with E-state index in [4.69, 9.17) is 23.2 Å². The van der Waals surface area contributed by atoms with Crippen LogP contribution in [0.5, 0.6) is 0 Å². The summed E-state index contributed by atoms with van der Waals surface area (Å²) >= 11 is 11.7. The normalized spacial score (nSPS) is 11.2. The summed E-state index contributed by atoms with van der Waals surface area (Å²) in [6.45, 7) is 0. The van der Waals surface area contributed by atoms with Crippen LogP contribution >= 0.6 is 23.2 Å². The number of anilines is 2. The number of nitrogens with one attached hydrogen (secondary N) is 2. The molecule has 0 saturated heterocycles. The fraction of sp³-hybridized carbons (Fsp3) is 0.125. The molecule has 0 aromatic heterocycles. The lowest BCUT2D eigenvalue weighted by atomic mass is 10.1. The summed E-state index contributed by atoms with van der Waals surface area (Å²) in [4.78, 5) is 28.1. The highest BCUT2D eigenvalue weighted by Crippen LogP contribution is 2.34. The van der Waals surface area contributed by atoms with Crippen molar-refractivity contribution in [3.05, 3.63) is 57.3 Å². The molecule has 27 heavy (non-hydrogen) atoms. The van der Waals surface area contributed by atoms with Crippen LogP contribution in [0.2, 0.25) is 10.0 Å². The summed E-state index contributed by atoms with van der Waals surface area (Å²) in [6, 6.07) is 5.26. The summed E-state index contributed by atoms with van der Waals surface area (Å²) in [5.41, 5.74) is 0.650. The molecule has 0 aliphatic rings. The molecule has 0 saturated carbocycles. The first-order valence-corrected chi connectivity index (χ1v) is 7.81. The van der Waals surface area contributed by atoms with Crippen LogP contribution in [0.3, 0.4) is 0 Å². The topological polar surface area (TPSA) is 67.4 Å². The summed E-state index contributed by atoms with van der Waals surface area (Å²) in [5.74, 6) is -4.05. The van der Waals surface area contributed by atoms with Crippen molar-refractivity contribution in [1.82, 2.24) is 0 Å². The van der Waals surface area contributed by atoms with Gasteiger partial charge in [-0.25, -0.2) is 4.39 Å². The molecule has 2 rings (SSSR count). The lowest BCUT2D eigenvalue weighted by molar-refractivity contribution is -0.0885. The van der Waals surface area contributed by atoms with Crippen molar-refractivity contribution >= 4 is 46.3 Å². The minimum absolute atomic E-state index is 0.117. The van der Waals surface area contributed by atoms with Gasteiger partial charge < -0.3 is 5.32 Å². The van der Waals surface area contributed by atoms with Crippen molar-refractivity contribution < 1.29 is 32.0 Å². The Kier molecular flexibility index (Phi) is 6.30. The van der Waals surface area contributed by atoms with Gasteiger partial charge in [0.25, 0.3) is 11.7 Å². The van der Waals surface area contributed by atoms with Gasteiger partial charge >= 0.3 is 6.18 Å². The highest BCUT2D eigenvalue weighted by Gasteiger charge is 2.39. The van der Waals surface area contributed by atoms with Crippen LogP contribution in [0.1, 0.15) is 20.7 Å². The van der Waals surface area contributed by atoms with E-state index in [1.54, 1.807) is 0 Å². The second-order valence-corrected chi connectivity index (χ2v) is 5.88. The number of rotatable bonds is 5. The van der Waals surface area contributed by atoms with E-state index in [-0.39, 0.29) is 11.4 Å². The van der Waals surface area contributed by atoms with Crippen molar-refractivity contribution in [2.75, 3.05) is 17.9 Å². The van der Waals surface area contributed by atoms with Crippen LogP contribution in [-0.4, -0.2) is 25.0 Å². The molecule has 0 aliphatic carbocycles. The highest BCUT2D eigenvalue weighted by atomic mass is 35.5. The smallest absolute Gasteiger partial charge is 0.319 e. The fourth-order valence-corrected chi connectivity index (χ4v) is 2.65. The van der Waals surface area contributed by atoms with Crippen LogP contribution < -0.4 is 10.8 Å². The number of carbonyl (C=O) groups excluding carboxylic acids is 2. The molecule has 0 bridgehead atoms. The van der Waals surface area contributed by atoms with E-state index in [2.05, 4.69) is 15.6 Å². The molecule has 0 radical (unpaired) electrons. The number of hydrogen-bond acceptors (Lipinski definition) is 4. The number of amides is 1. The average Bonchev–Trinajstić information content (AvgIpc) is 2.58. The number of carbonyl (C=O) groups is 2. The van der Waals surface area contributed by atoms with Gasteiger partial charge in [-0.1, -0.05) is 29.3 Å². The molecule has 11 heteroatoms. The minimum atomic E-state index is -5.12. The Morgan fingerprint density at radius 2 is 1.70 bits per heavy atom. The first-order chi connectivity index (χ1) is 12.6. The first-order valence-electron chi connectivity index (χ1n) is 7.05. The zero-order valence-electron chi connectivity index (χ0n) is 13.4. The molecule has 2 aromatic carbocycles. The van der Waals surface area contributed by atoms with Gasteiger partial charge in [0.15, 0.2) is 5.82 Å². The molecular formula is C16H10Cl2F4N2O3. The third-order valence-electron chi connectivity index (χ3n) is 3.26. The number of benzene rings is 2. The van der Waals surface area contributed by atoms with Crippen LogP contribution in [0, 0.1) is 5.82 Å². The number of Topliss-reactive ketones (excluding diaryl/α,β-unsaturated/α-hetero) is 1. The van der Waals surface area contributed by atoms with E-state index in [9.17, 15) is 27.2 Å². The van der Waals surface area contributed by atoms with E-state index >= 15 is 0 Å². The lowest BCUT2D eigenvalue weighted by Crippen LogP contribution is -2.23. The Bertz CT molecular complexity index is 881. The summed E-state index contributed by atoms with van der Waals surface area (Å²) in [5, 5.41) is 1.36. The highest BCUT2D eigenvalue weighted by molar-refractivity contribution is 6.40. The van der Waals surface area contributed by atoms with Gasteiger partial charge in [0.1, 0.15) is 0 Å². The van der Waals surface area contributed by atoms with Gasteiger partial charge in [-0.05, 0) is 24.3 Å². The fourth-order valence-electron chi connectivity index (χ4n) is 2.06. The molecule has 0 atom stereocenters. The van der Waals surface area contributed by atoms with Crippen molar-refractivity contribution in [3.8, 4) is 0 Å². The largest absolute Gasteiger partial charge is 0.454 e. The molecule has 144 valence electrons. The number of hydrogen-bond donors (Lipinski definition) is 2. The summed E-state index contributed by atoms with van der Waals surface area (Å²) in [7, 11) is 1.25. The minimum Gasteiger partial charge on any atom is -0.319 e. The van der Waals surface area contributed by atoms with Crippen molar-refractivity contribution in [2.24, 2.45) is 0 Å². The van der Waals surface area contributed by atoms with Gasteiger partial charge in [0.2, 0.25) is 0 Å². The maximum absolute atomic E-state index is 14.3. The van der Waals surface area contributed by atoms with Crippen LogP contribution in [0.15, 0.2) is 30.3 Å². The lowest BCUT2D eigenvalue weighted by Gasteiger charge is -2.13. The monoisotopic (exact) mass is 424 g/mol. The van der Waals surface area contributed by atoms with Crippen molar-refractivity contribution in [2.45, 2.75) is 6.18 Å². The molecule has 2 aromatic rings. The van der Waals surface area contributed by atoms with E-state index < -0.39 is 44.9 Å². The standard InChI is InChI=1S/C16H10Cl2F4N2O3/c1-27-24-11-4-2-3-8(12(11)19)15(26)23-13-9(17)5-7(6-10(13)18)14(25)16(20,21)22/h2-6,24H,1H3,(H,23,26). The number of halogens is 6. The van der Waals surface area contributed by atoms with Gasteiger partial charge in [-0.3, -0.25) is 19.9 Å². The van der Waals surface area contributed by atoms with Gasteiger partial charge in [-0.2, -0.15) is 13.2 Å². The third kappa shape index (κ3) is 4.68. The number of ketones is 1. The SMILES string of the molecule is CONc1cccc(C(=O)Nc2c(Cl)cc(C(=O)C(F)(F)F)cc2Cl)c1F. The van der Waals surface area contributed by atoms with Gasteiger partial charge in [0.05, 0.1) is 34.1 Å². The van der Waals surface area contributed by atoms with E-state index in [0.29, 0.717) is 12.1 Å². The van der Waals surface area contributed by atoms with E-state index in [1.165, 1.54) is 19.2 Å². The quantitative estimate of drug-likeness (QED) is 0.397. The Balaban J connectivity index is 2.34. The Morgan fingerprint density at radius 1 is 1.11 bits per heavy atom. The Morgan fingerprint density at radius 3 is 2.22 bits per heavy atom. The summed E-state index contributed by atoms with van der Waals surface area (Å²) in [6.07, 6.45) is -5.12. The van der Waals surface area contributed by atoms with Gasteiger partial charge in [-0.15, -0.1) is 0 Å². The van der Waals surface area contributed by atoms with Crippen LogP contribution in [0.25, 0.3) is 0 Å². The van der Waals surface area contributed by atoms with Crippen molar-refractivity contribution in [3.63, 3.8) is 0 Å². The molecule has 0 unspecified atom stereocenters. The predicted octanol–water partition coefficient (Wildman–Crippen LogP) is 5.10. The second-order valence-electron chi connectivity index (χ2n) is 5.07. The zero-order valence-corrected chi connectivity index (χ0v) is 14.9. The molecule has 1 amide bonds. The first kappa shape index (κ1) is 20.9. The second kappa shape index (κ2) is 8.12. The molecule has 0 fully saturated rings. The van der Waals surface area contributed by atoms with Crippen molar-refractivity contribution in [1.29, 1.82) is 0 Å². The molecular weight excluding hydrogens is 415 g/mol. The van der Waals surface area contributed by atoms with Crippen LogP contribution in [-0.2, 0) is 4.84 Å².